The van der Waals surface area contributed by atoms with Gasteiger partial charge in [0.25, 0.3) is 0 Å². The number of sulfonamides is 1. The molecule has 1 N–H and O–H groups in total. The molecule has 2 aromatic carbocycles. The van der Waals surface area contributed by atoms with Gasteiger partial charge in [-0.25, -0.2) is 8.42 Å². The molecule has 0 aromatic heterocycles. The molecule has 0 spiro atoms. The van der Waals surface area contributed by atoms with Crippen LogP contribution in [0.3, 0.4) is 0 Å². The van der Waals surface area contributed by atoms with E-state index in [2.05, 4.69) is 21.2 Å². The highest BCUT2D eigenvalue weighted by Crippen LogP contribution is 2.26. The first-order valence-electron chi connectivity index (χ1n) is 13.4. The molecule has 1 saturated carbocycles. The van der Waals surface area contributed by atoms with Crippen LogP contribution in [-0.4, -0.2) is 50.0 Å². The summed E-state index contributed by atoms with van der Waals surface area (Å²) in [6.07, 6.45) is 7.01. The molecule has 1 fully saturated rings. The third kappa shape index (κ3) is 8.30. The molecule has 3 rings (SSSR count). The molecule has 2 amide bonds. The second-order valence-electron chi connectivity index (χ2n) is 10.3. The summed E-state index contributed by atoms with van der Waals surface area (Å²) >= 11 is 3.49. The maximum Gasteiger partial charge on any atom is 0.242 e. The van der Waals surface area contributed by atoms with Crippen LogP contribution >= 0.6 is 15.9 Å². The lowest BCUT2D eigenvalue weighted by Gasteiger charge is -2.31. The zero-order valence-electron chi connectivity index (χ0n) is 22.9. The van der Waals surface area contributed by atoms with Crippen molar-refractivity contribution >= 4 is 43.5 Å². The molecule has 0 unspecified atom stereocenters. The summed E-state index contributed by atoms with van der Waals surface area (Å²) in [5.41, 5.74) is 3.45. The van der Waals surface area contributed by atoms with E-state index in [9.17, 15) is 18.0 Å². The van der Waals surface area contributed by atoms with Gasteiger partial charge in [-0.3, -0.25) is 13.9 Å². The largest absolute Gasteiger partial charge is 0.352 e. The highest BCUT2D eigenvalue weighted by Gasteiger charge is 2.28. The monoisotopic (exact) mass is 605 g/mol. The van der Waals surface area contributed by atoms with E-state index in [4.69, 9.17) is 0 Å². The first-order chi connectivity index (χ1) is 18.0. The number of anilines is 1. The minimum absolute atomic E-state index is 0.131. The van der Waals surface area contributed by atoms with Crippen LogP contribution in [0.4, 0.5) is 5.69 Å². The van der Waals surface area contributed by atoms with Crippen molar-refractivity contribution in [1.29, 1.82) is 0 Å². The normalized spacial score (nSPS) is 15.1. The molecule has 1 atom stereocenters. The van der Waals surface area contributed by atoms with E-state index in [-0.39, 0.29) is 30.8 Å². The van der Waals surface area contributed by atoms with Gasteiger partial charge >= 0.3 is 0 Å². The number of rotatable bonds is 11. The second-order valence-corrected chi connectivity index (χ2v) is 13.2. The van der Waals surface area contributed by atoms with E-state index >= 15 is 0 Å². The summed E-state index contributed by atoms with van der Waals surface area (Å²) in [4.78, 5) is 28.3. The lowest BCUT2D eigenvalue weighted by atomic mass is 9.95. The lowest BCUT2D eigenvalue weighted by molar-refractivity contribution is -0.141. The van der Waals surface area contributed by atoms with Crippen LogP contribution in [0.1, 0.15) is 68.6 Å². The Balaban J connectivity index is 1.74. The molecule has 1 aliphatic rings. The van der Waals surface area contributed by atoms with Gasteiger partial charge in [0.05, 0.1) is 11.9 Å². The summed E-state index contributed by atoms with van der Waals surface area (Å²) in [7, 11) is -3.54. The fourth-order valence-corrected chi connectivity index (χ4v) is 6.43. The van der Waals surface area contributed by atoms with Crippen molar-refractivity contribution in [2.75, 3.05) is 17.1 Å². The van der Waals surface area contributed by atoms with E-state index in [0.717, 1.165) is 46.8 Å². The highest BCUT2D eigenvalue weighted by molar-refractivity contribution is 9.10. The van der Waals surface area contributed by atoms with Crippen molar-refractivity contribution in [3.05, 3.63) is 63.6 Å². The van der Waals surface area contributed by atoms with Gasteiger partial charge in [-0.05, 0) is 74.9 Å². The summed E-state index contributed by atoms with van der Waals surface area (Å²) < 4.78 is 27.6. The van der Waals surface area contributed by atoms with Crippen molar-refractivity contribution < 1.29 is 18.0 Å². The van der Waals surface area contributed by atoms with Crippen LogP contribution < -0.4 is 9.62 Å². The summed E-state index contributed by atoms with van der Waals surface area (Å²) in [5, 5.41) is 3.15. The number of carbonyl (C=O) groups excluding carboxylic acids is 2. The minimum atomic E-state index is -3.54. The van der Waals surface area contributed by atoms with E-state index < -0.39 is 16.1 Å². The van der Waals surface area contributed by atoms with Crippen LogP contribution in [0.15, 0.2) is 46.9 Å². The smallest absolute Gasteiger partial charge is 0.242 e. The third-order valence-corrected chi connectivity index (χ3v) is 9.03. The van der Waals surface area contributed by atoms with Crippen LogP contribution in [0.5, 0.6) is 0 Å². The molecule has 7 nitrogen and oxygen atoms in total. The average Bonchev–Trinajstić information content (AvgIpc) is 2.86. The maximum absolute atomic E-state index is 13.5. The first-order valence-corrected chi connectivity index (χ1v) is 16.0. The molecule has 2 aromatic rings. The van der Waals surface area contributed by atoms with E-state index in [0.29, 0.717) is 18.7 Å². The maximum atomic E-state index is 13.5. The number of carbonyl (C=O) groups is 2. The van der Waals surface area contributed by atoms with Gasteiger partial charge in [-0.2, -0.15) is 0 Å². The van der Waals surface area contributed by atoms with Crippen LogP contribution in [0.2, 0.25) is 0 Å². The Kier molecular flexibility index (Phi) is 10.8. The van der Waals surface area contributed by atoms with Gasteiger partial charge in [0.2, 0.25) is 21.8 Å². The third-order valence-electron chi connectivity index (χ3n) is 7.36. The minimum Gasteiger partial charge on any atom is -0.352 e. The van der Waals surface area contributed by atoms with Gasteiger partial charge in [-0.15, -0.1) is 0 Å². The average molecular weight is 607 g/mol. The standard InChI is InChI=1S/C29H40BrN3O4S/c1-21-11-8-16-27(22(21)2)33(38(4,36)37)18-10-17-28(34)32(20-24-12-9-13-25(30)19-24)23(3)29(35)31-26-14-6-5-7-15-26/h8-9,11-13,16,19,23,26H,5-7,10,14-15,17-18,20H2,1-4H3,(H,31,35)/t23-/m0/s1. The summed E-state index contributed by atoms with van der Waals surface area (Å²) in [6.45, 7) is 6.10. The SMILES string of the molecule is Cc1cccc(N(CCCC(=O)N(Cc2cccc(Br)c2)[C@@H](C)C(=O)NC2CCCCC2)S(C)(=O)=O)c1C. The predicted octanol–water partition coefficient (Wildman–Crippen LogP) is 5.48. The topological polar surface area (TPSA) is 86.8 Å². The number of amides is 2. The molecule has 9 heteroatoms. The second kappa shape index (κ2) is 13.6. The molecular weight excluding hydrogens is 566 g/mol. The number of hydrogen-bond acceptors (Lipinski definition) is 4. The Bertz CT molecular complexity index is 1230. The Morgan fingerprint density at radius 2 is 1.76 bits per heavy atom. The number of halogens is 1. The van der Waals surface area contributed by atoms with Crippen LogP contribution in [0, 0.1) is 13.8 Å². The fraction of sp³-hybridized carbons (Fsp3) is 0.517. The number of benzene rings is 2. The fourth-order valence-electron chi connectivity index (χ4n) is 4.97. The Morgan fingerprint density at radius 3 is 2.42 bits per heavy atom. The van der Waals surface area contributed by atoms with Gasteiger partial charge in [-0.1, -0.05) is 59.5 Å². The van der Waals surface area contributed by atoms with Crippen molar-refractivity contribution in [1.82, 2.24) is 10.2 Å². The van der Waals surface area contributed by atoms with Gasteiger partial charge in [0.1, 0.15) is 6.04 Å². The van der Waals surface area contributed by atoms with E-state index in [1.165, 1.54) is 17.0 Å². The quantitative estimate of drug-likeness (QED) is 0.367. The molecule has 0 aliphatic heterocycles. The molecule has 38 heavy (non-hydrogen) atoms. The van der Waals surface area contributed by atoms with Crippen molar-refractivity contribution in [3.63, 3.8) is 0 Å². The Hall–Kier alpha value is -2.39. The molecule has 208 valence electrons. The lowest BCUT2D eigenvalue weighted by Crippen LogP contribution is -2.50. The zero-order chi connectivity index (χ0) is 27.9. The number of nitrogens with zero attached hydrogens (tertiary/aromatic N) is 2. The van der Waals surface area contributed by atoms with Crippen LogP contribution in [0.25, 0.3) is 0 Å². The Morgan fingerprint density at radius 1 is 1.08 bits per heavy atom. The van der Waals surface area contributed by atoms with Gasteiger partial charge in [0.15, 0.2) is 0 Å². The summed E-state index contributed by atoms with van der Waals surface area (Å²) in [6, 6.07) is 12.8. The molecule has 0 radical (unpaired) electrons. The van der Waals surface area contributed by atoms with E-state index in [1.807, 2.05) is 50.2 Å². The molecule has 1 aliphatic carbocycles. The number of nitrogens with one attached hydrogen (secondary N) is 1. The molecule has 0 heterocycles. The van der Waals surface area contributed by atoms with Gasteiger partial charge < -0.3 is 10.2 Å². The molecule has 0 bridgehead atoms. The highest BCUT2D eigenvalue weighted by atomic mass is 79.9. The van der Waals surface area contributed by atoms with E-state index in [1.54, 1.807) is 17.9 Å². The first kappa shape index (κ1) is 30.2. The zero-order valence-corrected chi connectivity index (χ0v) is 25.3. The van der Waals surface area contributed by atoms with Crippen LogP contribution in [-0.2, 0) is 26.2 Å². The van der Waals surface area contributed by atoms with Crippen molar-refractivity contribution in [3.8, 4) is 0 Å². The van der Waals surface area contributed by atoms with Crippen molar-refractivity contribution in [2.24, 2.45) is 0 Å². The molecule has 0 saturated heterocycles. The Labute approximate surface area is 236 Å². The predicted molar refractivity (Wildman–Crippen MR) is 157 cm³/mol. The molecular formula is C29H40BrN3O4S. The number of hydrogen-bond donors (Lipinski definition) is 1. The van der Waals surface area contributed by atoms with Crippen molar-refractivity contribution in [2.45, 2.75) is 84.3 Å². The van der Waals surface area contributed by atoms with Gasteiger partial charge in [0, 0.05) is 30.0 Å². The number of aryl methyl sites for hydroxylation is 1. The summed E-state index contributed by atoms with van der Waals surface area (Å²) in [5.74, 6) is -0.320.